The van der Waals surface area contributed by atoms with Gasteiger partial charge < -0.3 is 9.42 Å². The topological polar surface area (TPSA) is 46.5 Å². The Balaban J connectivity index is 2.14. The molecule has 0 bridgehead atoms. The summed E-state index contributed by atoms with van der Waals surface area (Å²) in [6.45, 7) is 3.70. The number of rotatable bonds is 5. The molecule has 2 rings (SSSR count). The highest BCUT2D eigenvalue weighted by Gasteiger charge is 2.35. The van der Waals surface area contributed by atoms with Crippen molar-refractivity contribution in [3.05, 3.63) is 42.5 Å². The van der Waals surface area contributed by atoms with E-state index >= 15 is 0 Å². The van der Waals surface area contributed by atoms with Crippen molar-refractivity contribution in [1.29, 1.82) is 0 Å². The van der Waals surface area contributed by atoms with Gasteiger partial charge in [-0.3, -0.25) is 0 Å². The second kappa shape index (κ2) is 6.40. The van der Waals surface area contributed by atoms with Crippen LogP contribution in [-0.2, 0) is 11.0 Å². The first kappa shape index (κ1) is 14.4. The third kappa shape index (κ3) is 3.71. The van der Waals surface area contributed by atoms with Crippen molar-refractivity contribution in [2.75, 3.05) is 0 Å². The van der Waals surface area contributed by atoms with Gasteiger partial charge in [-0.15, -0.1) is 6.58 Å². The van der Waals surface area contributed by atoms with Crippen LogP contribution in [0.2, 0.25) is 0 Å². The molecule has 4 heteroatoms. The summed E-state index contributed by atoms with van der Waals surface area (Å²) in [7, 11) is -3.57. The van der Waals surface area contributed by atoms with E-state index in [-0.39, 0.29) is 5.66 Å². The van der Waals surface area contributed by atoms with E-state index in [1.165, 1.54) is 0 Å². The van der Waals surface area contributed by atoms with Crippen LogP contribution in [0.1, 0.15) is 37.7 Å². The van der Waals surface area contributed by atoms with E-state index in [0.717, 1.165) is 37.7 Å². The predicted molar refractivity (Wildman–Crippen MR) is 77.7 cm³/mol. The van der Waals surface area contributed by atoms with Gasteiger partial charge in [0.15, 0.2) is 0 Å². The maximum atomic E-state index is 12.4. The molecule has 0 heterocycles. The maximum absolute atomic E-state index is 12.4. The number of hydrogen-bond acceptors (Lipinski definition) is 2. The zero-order valence-electron chi connectivity index (χ0n) is 11.1. The van der Waals surface area contributed by atoms with Crippen molar-refractivity contribution >= 4 is 7.60 Å². The Morgan fingerprint density at radius 2 is 2.00 bits per heavy atom. The molecule has 19 heavy (non-hydrogen) atoms. The van der Waals surface area contributed by atoms with Gasteiger partial charge in [0, 0.05) is 0 Å². The molecule has 1 atom stereocenters. The molecule has 1 aromatic carbocycles. The van der Waals surface area contributed by atoms with Gasteiger partial charge in [-0.1, -0.05) is 43.5 Å². The van der Waals surface area contributed by atoms with E-state index < -0.39 is 7.60 Å². The second-order valence-electron chi connectivity index (χ2n) is 5.05. The maximum Gasteiger partial charge on any atom is 0.379 e. The molecule has 104 valence electrons. The van der Waals surface area contributed by atoms with Crippen molar-refractivity contribution in [1.82, 2.24) is 0 Å². The Morgan fingerprint density at radius 3 is 2.68 bits per heavy atom. The lowest BCUT2D eigenvalue weighted by molar-refractivity contribution is 0.342. The summed E-state index contributed by atoms with van der Waals surface area (Å²) in [5.41, 5.74) is 0.695. The van der Waals surface area contributed by atoms with E-state index in [4.69, 9.17) is 4.52 Å². The molecule has 1 aromatic rings. The second-order valence-corrected chi connectivity index (χ2v) is 7.09. The van der Waals surface area contributed by atoms with Crippen LogP contribution >= 0.6 is 7.60 Å². The number of para-hydroxylation sites is 1. The molecule has 0 radical (unpaired) electrons. The van der Waals surface area contributed by atoms with Crippen molar-refractivity contribution in [3.63, 3.8) is 0 Å². The minimum absolute atomic E-state index is 0.210. The zero-order valence-corrected chi connectivity index (χ0v) is 12.0. The molecule has 1 unspecified atom stereocenters. The number of allylic oxidation sites excluding steroid dienone is 1. The average Bonchev–Trinajstić information content (AvgIpc) is 2.42. The van der Waals surface area contributed by atoms with Crippen LogP contribution in [0, 0.1) is 0 Å². The van der Waals surface area contributed by atoms with Gasteiger partial charge in [0.05, 0.1) is 5.66 Å². The minimum Gasteiger partial charge on any atom is -0.424 e. The molecular weight excluding hydrogens is 259 g/mol. The molecule has 0 amide bonds. The molecule has 1 N–H and O–H groups in total. The van der Waals surface area contributed by atoms with E-state index in [1.807, 2.05) is 18.2 Å². The van der Waals surface area contributed by atoms with Crippen LogP contribution < -0.4 is 4.52 Å². The highest BCUT2D eigenvalue weighted by atomic mass is 31.2. The summed E-state index contributed by atoms with van der Waals surface area (Å²) >= 11 is 0. The van der Waals surface area contributed by atoms with Gasteiger partial charge in [-0.2, -0.15) is 0 Å². The Bertz CT molecular complexity index is 478. The third-order valence-corrected chi connectivity index (χ3v) is 5.50. The van der Waals surface area contributed by atoms with Gasteiger partial charge in [0.2, 0.25) is 0 Å². The zero-order chi connectivity index (χ0) is 13.7. The quantitative estimate of drug-likeness (QED) is 0.645. The van der Waals surface area contributed by atoms with Crippen molar-refractivity contribution < 1.29 is 14.0 Å². The summed E-state index contributed by atoms with van der Waals surface area (Å²) in [6.07, 6.45) is 7.18. The van der Waals surface area contributed by atoms with Gasteiger partial charge in [-0.25, -0.2) is 4.57 Å². The fraction of sp³-hybridized carbons (Fsp3) is 0.467. The summed E-state index contributed by atoms with van der Waals surface area (Å²) < 4.78 is 17.9. The minimum atomic E-state index is -3.57. The molecule has 0 aliphatic heterocycles. The Labute approximate surface area is 114 Å². The van der Waals surface area contributed by atoms with Crippen molar-refractivity contribution in [3.8, 4) is 5.75 Å². The van der Waals surface area contributed by atoms with Crippen LogP contribution in [0.3, 0.4) is 0 Å². The average molecular weight is 280 g/mol. The highest BCUT2D eigenvalue weighted by Crippen LogP contribution is 2.53. The smallest absolute Gasteiger partial charge is 0.379 e. The Kier molecular flexibility index (Phi) is 4.84. The fourth-order valence-electron chi connectivity index (χ4n) is 2.54. The molecule has 1 aliphatic carbocycles. The molecule has 1 fully saturated rings. The number of benzene rings is 1. The SMILES string of the molecule is C=CCc1ccccc1OP(=O)(O)C1CCCCC1. The monoisotopic (exact) mass is 280 g/mol. The van der Waals surface area contributed by atoms with E-state index in [2.05, 4.69) is 6.58 Å². The molecule has 3 nitrogen and oxygen atoms in total. The molecule has 1 aliphatic rings. The third-order valence-electron chi connectivity index (χ3n) is 3.60. The van der Waals surface area contributed by atoms with Crippen LogP contribution in [0.15, 0.2) is 36.9 Å². The molecule has 0 saturated heterocycles. The van der Waals surface area contributed by atoms with Gasteiger partial charge >= 0.3 is 7.60 Å². The van der Waals surface area contributed by atoms with Crippen molar-refractivity contribution in [2.24, 2.45) is 0 Å². The standard InChI is InChI=1S/C15H21O3P/c1-2-8-13-9-6-7-12-15(13)18-19(16,17)14-10-4-3-5-11-14/h2,6-7,9,12,14H,1,3-5,8,10-11H2,(H,16,17). The van der Waals surface area contributed by atoms with Gasteiger partial charge in [-0.05, 0) is 30.9 Å². The lowest BCUT2D eigenvalue weighted by atomic mass is 10.0. The largest absolute Gasteiger partial charge is 0.424 e. The lowest BCUT2D eigenvalue weighted by Crippen LogP contribution is -2.16. The summed E-state index contributed by atoms with van der Waals surface area (Å²) in [4.78, 5) is 10.2. The Morgan fingerprint density at radius 1 is 1.32 bits per heavy atom. The normalized spacial score (nSPS) is 19.6. The first-order valence-corrected chi connectivity index (χ1v) is 8.49. The number of hydrogen-bond donors (Lipinski definition) is 1. The van der Waals surface area contributed by atoms with Crippen LogP contribution in [0.5, 0.6) is 5.75 Å². The fourth-order valence-corrected chi connectivity index (χ4v) is 4.17. The van der Waals surface area contributed by atoms with Gasteiger partial charge in [0.25, 0.3) is 0 Å². The van der Waals surface area contributed by atoms with Gasteiger partial charge in [0.1, 0.15) is 5.75 Å². The van der Waals surface area contributed by atoms with Crippen LogP contribution in [0.4, 0.5) is 0 Å². The lowest BCUT2D eigenvalue weighted by Gasteiger charge is -2.26. The van der Waals surface area contributed by atoms with E-state index in [9.17, 15) is 9.46 Å². The highest BCUT2D eigenvalue weighted by molar-refractivity contribution is 7.54. The Hall–Kier alpha value is -1.05. The van der Waals surface area contributed by atoms with Crippen LogP contribution in [-0.4, -0.2) is 10.6 Å². The first-order valence-electron chi connectivity index (χ1n) is 6.84. The summed E-state index contributed by atoms with van der Waals surface area (Å²) in [6, 6.07) is 7.37. The molecule has 0 aromatic heterocycles. The predicted octanol–water partition coefficient (Wildman–Crippen LogP) is 4.31. The summed E-state index contributed by atoms with van der Waals surface area (Å²) in [5, 5.41) is 0. The van der Waals surface area contributed by atoms with Crippen LogP contribution in [0.25, 0.3) is 0 Å². The molecule has 1 saturated carbocycles. The van der Waals surface area contributed by atoms with Crippen molar-refractivity contribution in [2.45, 2.75) is 44.2 Å². The first-order chi connectivity index (χ1) is 9.13. The molecular formula is C15H21O3P. The van der Waals surface area contributed by atoms with E-state index in [1.54, 1.807) is 12.1 Å². The molecule has 0 spiro atoms. The summed E-state index contributed by atoms with van der Waals surface area (Å²) in [5.74, 6) is 0.513. The van der Waals surface area contributed by atoms with E-state index in [0.29, 0.717) is 12.2 Å².